The SMILES string of the molecule is COc1ccc(CC(=O)OC2CCC(c3ccc(N(C)C)cc3C)CC2)cc1OC. The summed E-state index contributed by atoms with van der Waals surface area (Å²) >= 11 is 0. The van der Waals surface area contributed by atoms with Gasteiger partial charge in [-0.2, -0.15) is 0 Å². The van der Waals surface area contributed by atoms with Crippen molar-refractivity contribution in [2.75, 3.05) is 33.2 Å². The average Bonchev–Trinajstić information content (AvgIpc) is 2.74. The molecule has 0 N–H and O–H groups in total. The molecule has 0 aliphatic heterocycles. The molecule has 1 fully saturated rings. The molecule has 1 aliphatic rings. The molecular weight excluding hydrogens is 378 g/mol. The van der Waals surface area contributed by atoms with Gasteiger partial charge in [0.1, 0.15) is 6.10 Å². The zero-order valence-corrected chi connectivity index (χ0v) is 18.7. The van der Waals surface area contributed by atoms with Gasteiger partial charge in [-0.3, -0.25) is 4.79 Å². The second-order valence-electron chi connectivity index (χ2n) is 8.26. The maximum absolute atomic E-state index is 12.4. The van der Waals surface area contributed by atoms with Crippen LogP contribution in [0.1, 0.15) is 48.3 Å². The van der Waals surface area contributed by atoms with E-state index >= 15 is 0 Å². The zero-order valence-electron chi connectivity index (χ0n) is 18.7. The van der Waals surface area contributed by atoms with Crippen LogP contribution < -0.4 is 14.4 Å². The second kappa shape index (κ2) is 9.88. The first kappa shape index (κ1) is 22.0. The van der Waals surface area contributed by atoms with Crippen LogP contribution in [0.15, 0.2) is 36.4 Å². The van der Waals surface area contributed by atoms with E-state index in [4.69, 9.17) is 14.2 Å². The third kappa shape index (κ3) is 5.26. The number of aryl methyl sites for hydroxylation is 1. The van der Waals surface area contributed by atoms with Gasteiger partial charge in [-0.15, -0.1) is 0 Å². The van der Waals surface area contributed by atoms with Gasteiger partial charge < -0.3 is 19.1 Å². The van der Waals surface area contributed by atoms with Crippen molar-refractivity contribution in [1.82, 2.24) is 0 Å². The highest BCUT2D eigenvalue weighted by Gasteiger charge is 2.26. The van der Waals surface area contributed by atoms with Crippen molar-refractivity contribution < 1.29 is 19.0 Å². The molecule has 2 aromatic carbocycles. The summed E-state index contributed by atoms with van der Waals surface area (Å²) in [7, 11) is 7.32. The summed E-state index contributed by atoms with van der Waals surface area (Å²) in [5.41, 5.74) is 4.86. The Morgan fingerprint density at radius 3 is 2.27 bits per heavy atom. The minimum atomic E-state index is -0.183. The highest BCUT2D eigenvalue weighted by atomic mass is 16.5. The first-order valence-electron chi connectivity index (χ1n) is 10.6. The Bertz CT molecular complexity index is 869. The standard InChI is InChI=1S/C25H33NO4/c1-17-14-20(26(2)3)9-12-22(17)19-7-10-21(11-8-19)30-25(27)16-18-6-13-23(28-4)24(15-18)29-5/h6,9,12-15,19,21H,7-8,10-11,16H2,1-5H3. The molecule has 0 saturated heterocycles. The van der Waals surface area contributed by atoms with Gasteiger partial charge in [0.2, 0.25) is 0 Å². The topological polar surface area (TPSA) is 48.0 Å². The van der Waals surface area contributed by atoms with Gasteiger partial charge in [-0.1, -0.05) is 12.1 Å². The van der Waals surface area contributed by atoms with Crippen LogP contribution in [-0.4, -0.2) is 40.4 Å². The summed E-state index contributed by atoms with van der Waals surface area (Å²) in [4.78, 5) is 14.6. The van der Waals surface area contributed by atoms with Gasteiger partial charge in [0, 0.05) is 19.8 Å². The number of esters is 1. The number of ether oxygens (including phenoxy) is 3. The van der Waals surface area contributed by atoms with Gasteiger partial charge in [-0.25, -0.2) is 0 Å². The van der Waals surface area contributed by atoms with Crippen LogP contribution in [-0.2, 0) is 16.0 Å². The number of hydrogen-bond donors (Lipinski definition) is 0. The van der Waals surface area contributed by atoms with Gasteiger partial charge in [0.15, 0.2) is 11.5 Å². The van der Waals surface area contributed by atoms with Crippen molar-refractivity contribution in [2.24, 2.45) is 0 Å². The van der Waals surface area contributed by atoms with Crippen LogP contribution in [0, 0.1) is 6.92 Å². The smallest absolute Gasteiger partial charge is 0.310 e. The van der Waals surface area contributed by atoms with E-state index in [1.807, 2.05) is 18.2 Å². The van der Waals surface area contributed by atoms with Crippen molar-refractivity contribution in [3.8, 4) is 11.5 Å². The first-order valence-corrected chi connectivity index (χ1v) is 10.6. The van der Waals surface area contributed by atoms with Gasteiger partial charge in [0.05, 0.1) is 20.6 Å². The largest absolute Gasteiger partial charge is 0.493 e. The second-order valence-corrected chi connectivity index (χ2v) is 8.26. The molecule has 0 amide bonds. The highest BCUT2D eigenvalue weighted by Crippen LogP contribution is 2.36. The number of carbonyl (C=O) groups is 1. The third-order valence-corrected chi connectivity index (χ3v) is 5.98. The molecule has 0 unspecified atom stereocenters. The van der Waals surface area contributed by atoms with Crippen LogP contribution in [0.5, 0.6) is 11.5 Å². The van der Waals surface area contributed by atoms with Crippen LogP contribution in [0.25, 0.3) is 0 Å². The van der Waals surface area contributed by atoms with E-state index in [0.717, 1.165) is 31.2 Å². The number of benzene rings is 2. The lowest BCUT2D eigenvalue weighted by molar-refractivity contribution is -0.149. The molecular formula is C25H33NO4. The lowest BCUT2D eigenvalue weighted by Gasteiger charge is -2.30. The normalized spacial score (nSPS) is 18.6. The molecule has 5 nitrogen and oxygen atoms in total. The predicted molar refractivity (Wildman–Crippen MR) is 120 cm³/mol. The van der Waals surface area contributed by atoms with E-state index in [2.05, 4.69) is 44.1 Å². The minimum Gasteiger partial charge on any atom is -0.493 e. The Morgan fingerprint density at radius 1 is 0.967 bits per heavy atom. The molecule has 162 valence electrons. The van der Waals surface area contributed by atoms with E-state index in [9.17, 15) is 4.79 Å². The minimum absolute atomic E-state index is 0.00949. The molecule has 0 spiro atoms. The lowest BCUT2D eigenvalue weighted by Crippen LogP contribution is -2.25. The fourth-order valence-corrected chi connectivity index (χ4v) is 4.27. The van der Waals surface area contributed by atoms with Crippen LogP contribution in [0.3, 0.4) is 0 Å². The average molecular weight is 412 g/mol. The van der Waals surface area contributed by atoms with Gasteiger partial charge in [-0.05, 0) is 79.5 Å². The summed E-state index contributed by atoms with van der Waals surface area (Å²) in [6.45, 7) is 2.19. The molecule has 5 heteroatoms. The summed E-state index contributed by atoms with van der Waals surface area (Å²) in [5, 5.41) is 0. The zero-order chi connectivity index (χ0) is 21.7. The van der Waals surface area contributed by atoms with Gasteiger partial charge >= 0.3 is 5.97 Å². The van der Waals surface area contributed by atoms with Crippen LogP contribution in [0.2, 0.25) is 0 Å². The number of rotatable bonds is 7. The molecule has 0 heterocycles. The number of nitrogens with zero attached hydrogens (tertiary/aromatic N) is 1. The van der Waals surface area contributed by atoms with E-state index in [0.29, 0.717) is 17.4 Å². The third-order valence-electron chi connectivity index (χ3n) is 5.98. The van der Waals surface area contributed by atoms with Crippen molar-refractivity contribution in [2.45, 2.75) is 51.0 Å². The number of methoxy groups -OCH3 is 2. The molecule has 3 rings (SSSR count). The van der Waals surface area contributed by atoms with Gasteiger partial charge in [0.25, 0.3) is 0 Å². The van der Waals surface area contributed by atoms with Crippen molar-refractivity contribution in [3.63, 3.8) is 0 Å². The Kier molecular flexibility index (Phi) is 7.24. The van der Waals surface area contributed by atoms with Crippen molar-refractivity contribution in [3.05, 3.63) is 53.1 Å². The van der Waals surface area contributed by atoms with Crippen LogP contribution >= 0.6 is 0 Å². The highest BCUT2D eigenvalue weighted by molar-refractivity contribution is 5.73. The fraction of sp³-hybridized carbons (Fsp3) is 0.480. The Hall–Kier alpha value is -2.69. The maximum Gasteiger partial charge on any atom is 0.310 e. The lowest BCUT2D eigenvalue weighted by atomic mass is 9.81. The van der Waals surface area contributed by atoms with E-state index in [1.54, 1.807) is 14.2 Å². The molecule has 30 heavy (non-hydrogen) atoms. The molecule has 0 atom stereocenters. The summed E-state index contributed by atoms with van der Waals surface area (Å²) in [5.74, 6) is 1.64. The fourth-order valence-electron chi connectivity index (χ4n) is 4.27. The van der Waals surface area contributed by atoms with Crippen LogP contribution in [0.4, 0.5) is 5.69 Å². The molecule has 0 aromatic heterocycles. The van der Waals surface area contributed by atoms with Crippen molar-refractivity contribution >= 4 is 11.7 Å². The molecule has 1 saturated carbocycles. The molecule has 0 bridgehead atoms. The van der Waals surface area contributed by atoms with E-state index < -0.39 is 0 Å². The number of anilines is 1. The quantitative estimate of drug-likeness (QED) is 0.607. The Labute approximate surface area is 179 Å². The predicted octanol–water partition coefficient (Wildman–Crippen LogP) is 4.89. The number of carbonyl (C=O) groups excluding carboxylic acids is 1. The van der Waals surface area contributed by atoms with Crippen molar-refractivity contribution in [1.29, 1.82) is 0 Å². The summed E-state index contributed by atoms with van der Waals surface area (Å²) in [6, 6.07) is 12.2. The summed E-state index contributed by atoms with van der Waals surface area (Å²) in [6.07, 6.45) is 4.18. The first-order chi connectivity index (χ1) is 14.4. The molecule has 1 aliphatic carbocycles. The maximum atomic E-state index is 12.4. The summed E-state index contributed by atoms with van der Waals surface area (Å²) < 4.78 is 16.3. The van der Waals surface area contributed by atoms with E-state index in [1.165, 1.54) is 16.8 Å². The number of hydrogen-bond acceptors (Lipinski definition) is 5. The Morgan fingerprint density at radius 2 is 1.67 bits per heavy atom. The monoisotopic (exact) mass is 411 g/mol. The van der Waals surface area contributed by atoms with E-state index in [-0.39, 0.29) is 18.5 Å². The molecule has 0 radical (unpaired) electrons. The molecule has 2 aromatic rings. The Balaban J connectivity index is 1.53.